The van der Waals surface area contributed by atoms with E-state index in [4.69, 9.17) is 0 Å². The van der Waals surface area contributed by atoms with Gasteiger partial charge in [0.2, 0.25) is 0 Å². The molecule has 1 aliphatic carbocycles. The largest absolute Gasteiger partial charge is 0.0654 e. The molecule has 0 aromatic heterocycles. The minimum Gasteiger partial charge on any atom is -0.0654 e. The summed E-state index contributed by atoms with van der Waals surface area (Å²) in [5.41, 5.74) is 0.564. The van der Waals surface area contributed by atoms with Crippen molar-refractivity contribution in [1.29, 1.82) is 0 Å². The van der Waals surface area contributed by atoms with Gasteiger partial charge < -0.3 is 0 Å². The van der Waals surface area contributed by atoms with E-state index in [2.05, 4.69) is 34.6 Å². The first-order valence-corrected chi connectivity index (χ1v) is 11.5. The fraction of sp³-hybridized carbons (Fsp3) is 1.00. The summed E-state index contributed by atoms with van der Waals surface area (Å²) >= 11 is 0. The van der Waals surface area contributed by atoms with E-state index >= 15 is 0 Å². The van der Waals surface area contributed by atoms with Crippen molar-refractivity contribution in [1.82, 2.24) is 0 Å². The van der Waals surface area contributed by atoms with Gasteiger partial charge in [0.15, 0.2) is 0 Å². The number of rotatable bonds is 16. The highest BCUT2D eigenvalue weighted by Gasteiger charge is 2.34. The Kier molecular flexibility index (Phi) is 11.4. The van der Waals surface area contributed by atoms with Gasteiger partial charge in [0.05, 0.1) is 0 Å². The van der Waals surface area contributed by atoms with Gasteiger partial charge in [0, 0.05) is 0 Å². The average molecular weight is 337 g/mol. The van der Waals surface area contributed by atoms with E-state index in [0.717, 1.165) is 17.8 Å². The Balaban J connectivity index is 1.97. The lowest BCUT2D eigenvalue weighted by atomic mass is 9.78. The van der Waals surface area contributed by atoms with Gasteiger partial charge >= 0.3 is 0 Å². The summed E-state index contributed by atoms with van der Waals surface area (Å²) in [5.74, 6) is 3.12. The number of hydrogen-bond donors (Lipinski definition) is 0. The monoisotopic (exact) mass is 336 g/mol. The van der Waals surface area contributed by atoms with Crippen molar-refractivity contribution in [3.05, 3.63) is 0 Å². The van der Waals surface area contributed by atoms with E-state index in [9.17, 15) is 0 Å². The Hall–Kier alpha value is 0. The number of hydrogen-bond acceptors (Lipinski definition) is 0. The van der Waals surface area contributed by atoms with E-state index in [1.807, 2.05) is 0 Å². The van der Waals surface area contributed by atoms with Gasteiger partial charge in [0.1, 0.15) is 0 Å². The van der Waals surface area contributed by atoms with Crippen molar-refractivity contribution in [3.8, 4) is 0 Å². The fourth-order valence-corrected chi connectivity index (χ4v) is 4.77. The maximum Gasteiger partial charge on any atom is -0.0352 e. The molecule has 144 valence electrons. The first kappa shape index (κ1) is 22.0. The van der Waals surface area contributed by atoms with Gasteiger partial charge in [-0.05, 0) is 42.4 Å². The lowest BCUT2D eigenvalue weighted by Gasteiger charge is -2.28. The highest BCUT2D eigenvalue weighted by Crippen LogP contribution is 2.45. The van der Waals surface area contributed by atoms with Crippen molar-refractivity contribution in [3.63, 3.8) is 0 Å². The highest BCUT2D eigenvalue weighted by molar-refractivity contribution is 4.84. The molecular weight excluding hydrogens is 288 g/mol. The minimum absolute atomic E-state index is 0.564. The molecule has 0 aromatic carbocycles. The van der Waals surface area contributed by atoms with Crippen LogP contribution in [0.25, 0.3) is 0 Å². The van der Waals surface area contributed by atoms with Crippen LogP contribution < -0.4 is 0 Å². The Morgan fingerprint density at radius 3 is 2.12 bits per heavy atom. The second-order valence-corrected chi connectivity index (χ2v) is 9.79. The molecule has 0 aliphatic heterocycles. The van der Waals surface area contributed by atoms with Crippen LogP contribution in [0.1, 0.15) is 131 Å². The molecule has 0 saturated heterocycles. The first-order chi connectivity index (χ1) is 11.5. The van der Waals surface area contributed by atoms with Gasteiger partial charge in [-0.25, -0.2) is 0 Å². The molecule has 3 atom stereocenters. The third-order valence-corrected chi connectivity index (χ3v) is 6.47. The molecule has 0 spiro atoms. The van der Waals surface area contributed by atoms with Crippen LogP contribution >= 0.6 is 0 Å². The molecule has 0 nitrogen and oxygen atoms in total. The lowest BCUT2D eigenvalue weighted by molar-refractivity contribution is 0.238. The van der Waals surface area contributed by atoms with Crippen molar-refractivity contribution in [2.24, 2.45) is 23.2 Å². The van der Waals surface area contributed by atoms with Crippen LogP contribution in [0.4, 0.5) is 0 Å². The minimum atomic E-state index is 0.564. The van der Waals surface area contributed by atoms with Gasteiger partial charge in [-0.3, -0.25) is 0 Å². The molecule has 24 heavy (non-hydrogen) atoms. The standard InChI is InChI=1S/C24H48/c1-6-8-9-10-11-12-13-16-21(3)20-24(4,5)18-15-14-17-23-19-22(23)7-2/h21-23H,6-20H2,1-5H3. The summed E-state index contributed by atoms with van der Waals surface area (Å²) in [4.78, 5) is 0. The van der Waals surface area contributed by atoms with E-state index in [1.165, 1.54) is 96.3 Å². The van der Waals surface area contributed by atoms with Crippen LogP contribution in [-0.4, -0.2) is 0 Å². The predicted molar refractivity (Wildman–Crippen MR) is 111 cm³/mol. The van der Waals surface area contributed by atoms with Crippen LogP contribution in [0.3, 0.4) is 0 Å². The molecule has 0 heteroatoms. The average Bonchev–Trinajstić information content (AvgIpc) is 3.29. The van der Waals surface area contributed by atoms with Crippen molar-refractivity contribution in [2.45, 2.75) is 131 Å². The Bertz CT molecular complexity index is 290. The highest BCUT2D eigenvalue weighted by atomic mass is 14.4. The molecule has 1 rings (SSSR count). The van der Waals surface area contributed by atoms with Crippen molar-refractivity contribution < 1.29 is 0 Å². The Morgan fingerprint density at radius 2 is 1.50 bits per heavy atom. The molecule has 0 N–H and O–H groups in total. The summed E-state index contributed by atoms with van der Waals surface area (Å²) in [6.07, 6.45) is 21.9. The molecule has 0 bridgehead atoms. The van der Waals surface area contributed by atoms with E-state index in [-0.39, 0.29) is 0 Å². The molecular formula is C24H48. The molecule has 1 saturated carbocycles. The third kappa shape index (κ3) is 10.8. The summed E-state index contributed by atoms with van der Waals surface area (Å²) in [6.45, 7) is 12.2. The smallest absolute Gasteiger partial charge is 0.0352 e. The molecule has 0 aromatic rings. The van der Waals surface area contributed by atoms with Gasteiger partial charge in [0.25, 0.3) is 0 Å². The summed E-state index contributed by atoms with van der Waals surface area (Å²) in [5, 5.41) is 0. The number of unbranched alkanes of at least 4 members (excludes halogenated alkanes) is 7. The topological polar surface area (TPSA) is 0 Å². The van der Waals surface area contributed by atoms with Crippen LogP contribution in [0, 0.1) is 23.2 Å². The lowest BCUT2D eigenvalue weighted by Crippen LogP contribution is -2.15. The zero-order chi connectivity index (χ0) is 17.8. The zero-order valence-electron chi connectivity index (χ0n) is 17.8. The normalized spacial score (nSPS) is 21.9. The fourth-order valence-electron chi connectivity index (χ4n) is 4.77. The molecule has 1 fully saturated rings. The second-order valence-electron chi connectivity index (χ2n) is 9.79. The molecule has 3 unspecified atom stereocenters. The van der Waals surface area contributed by atoms with Gasteiger partial charge in [-0.2, -0.15) is 0 Å². The van der Waals surface area contributed by atoms with Crippen LogP contribution in [0.2, 0.25) is 0 Å². The predicted octanol–water partition coefficient (Wildman–Crippen LogP) is 8.79. The second kappa shape index (κ2) is 12.4. The van der Waals surface area contributed by atoms with Crippen molar-refractivity contribution >= 4 is 0 Å². The zero-order valence-corrected chi connectivity index (χ0v) is 17.8. The maximum atomic E-state index is 2.51. The van der Waals surface area contributed by atoms with E-state index in [1.54, 1.807) is 0 Å². The first-order valence-electron chi connectivity index (χ1n) is 11.5. The van der Waals surface area contributed by atoms with Gasteiger partial charge in [-0.1, -0.05) is 112 Å². The van der Waals surface area contributed by atoms with E-state index in [0.29, 0.717) is 5.41 Å². The SMILES string of the molecule is CCCCCCCCCC(C)CC(C)(C)CCCCC1CC1CC. The molecule has 1 aliphatic rings. The van der Waals surface area contributed by atoms with Crippen LogP contribution in [-0.2, 0) is 0 Å². The molecule has 0 radical (unpaired) electrons. The summed E-state index contributed by atoms with van der Waals surface area (Å²) in [7, 11) is 0. The quantitative estimate of drug-likeness (QED) is 0.247. The van der Waals surface area contributed by atoms with Crippen LogP contribution in [0.5, 0.6) is 0 Å². The Labute approximate surface area is 154 Å². The summed E-state index contributed by atoms with van der Waals surface area (Å²) in [6, 6.07) is 0. The van der Waals surface area contributed by atoms with Crippen LogP contribution in [0.15, 0.2) is 0 Å². The molecule has 0 heterocycles. The summed E-state index contributed by atoms with van der Waals surface area (Å²) < 4.78 is 0. The molecule has 0 amide bonds. The maximum absolute atomic E-state index is 2.51. The third-order valence-electron chi connectivity index (χ3n) is 6.47. The van der Waals surface area contributed by atoms with Gasteiger partial charge in [-0.15, -0.1) is 0 Å². The van der Waals surface area contributed by atoms with E-state index < -0.39 is 0 Å². The Morgan fingerprint density at radius 1 is 0.833 bits per heavy atom. The van der Waals surface area contributed by atoms with Crippen molar-refractivity contribution in [2.75, 3.05) is 0 Å².